The quantitative estimate of drug-likeness (QED) is 0.620. The van der Waals surface area contributed by atoms with Gasteiger partial charge in [-0.05, 0) is 42.5 Å². The first kappa shape index (κ1) is 15.0. The lowest BCUT2D eigenvalue weighted by atomic mass is 10.2. The van der Waals surface area contributed by atoms with Gasteiger partial charge >= 0.3 is 0 Å². The van der Waals surface area contributed by atoms with Crippen molar-refractivity contribution in [3.8, 4) is 5.69 Å². The molecule has 0 aliphatic carbocycles. The first-order valence-electron chi connectivity index (χ1n) is 7.68. The van der Waals surface area contributed by atoms with Crippen LogP contribution in [0, 0.1) is 5.82 Å². The van der Waals surface area contributed by atoms with E-state index in [4.69, 9.17) is 0 Å². The Hall–Kier alpha value is -3.54. The molecule has 0 bridgehead atoms. The summed E-state index contributed by atoms with van der Waals surface area (Å²) in [6, 6.07) is 17.0. The highest BCUT2D eigenvalue weighted by atomic mass is 19.1. The first-order valence-corrected chi connectivity index (χ1v) is 7.68. The number of hydrogen-bond acceptors (Lipinski definition) is 3. The molecule has 4 aromatic rings. The van der Waals surface area contributed by atoms with E-state index in [0.717, 1.165) is 10.9 Å². The number of anilines is 1. The van der Waals surface area contributed by atoms with E-state index in [-0.39, 0.29) is 17.3 Å². The maximum Gasteiger partial charge on any atom is 0.276 e. The monoisotopic (exact) mass is 332 g/mol. The Kier molecular flexibility index (Phi) is 3.70. The van der Waals surface area contributed by atoms with Gasteiger partial charge in [-0.25, -0.2) is 9.07 Å². The fourth-order valence-electron chi connectivity index (χ4n) is 2.62. The van der Waals surface area contributed by atoms with E-state index >= 15 is 0 Å². The molecule has 25 heavy (non-hydrogen) atoms. The zero-order valence-electron chi connectivity index (χ0n) is 13.1. The SMILES string of the molecule is O=C(Nc1cccc2ncccc12)c1ccn(-c2ccccc2F)n1. The maximum absolute atomic E-state index is 13.8. The number of nitrogens with zero attached hydrogens (tertiary/aromatic N) is 3. The van der Waals surface area contributed by atoms with Crippen LogP contribution in [0.3, 0.4) is 0 Å². The van der Waals surface area contributed by atoms with Crippen LogP contribution in [0.25, 0.3) is 16.6 Å². The van der Waals surface area contributed by atoms with Crippen molar-refractivity contribution in [1.82, 2.24) is 14.8 Å². The van der Waals surface area contributed by atoms with E-state index in [1.54, 1.807) is 42.7 Å². The van der Waals surface area contributed by atoms with E-state index in [0.29, 0.717) is 5.69 Å². The minimum absolute atomic E-state index is 0.198. The second-order valence-electron chi connectivity index (χ2n) is 5.43. The molecule has 0 spiro atoms. The molecule has 4 rings (SSSR count). The molecule has 0 fully saturated rings. The van der Waals surface area contributed by atoms with Gasteiger partial charge in [0.05, 0.1) is 11.2 Å². The number of benzene rings is 2. The molecule has 2 heterocycles. The van der Waals surface area contributed by atoms with Crippen molar-refractivity contribution < 1.29 is 9.18 Å². The van der Waals surface area contributed by atoms with E-state index in [1.165, 1.54) is 10.7 Å². The molecule has 0 saturated carbocycles. The van der Waals surface area contributed by atoms with Crippen molar-refractivity contribution in [3.63, 3.8) is 0 Å². The molecule has 0 atom stereocenters. The average Bonchev–Trinajstić information content (AvgIpc) is 3.12. The van der Waals surface area contributed by atoms with Crippen LogP contribution in [0.4, 0.5) is 10.1 Å². The highest BCUT2D eigenvalue weighted by Crippen LogP contribution is 2.22. The predicted molar refractivity (Wildman–Crippen MR) is 93.2 cm³/mol. The number of halogens is 1. The van der Waals surface area contributed by atoms with Crippen LogP contribution in [0.5, 0.6) is 0 Å². The number of pyridine rings is 1. The van der Waals surface area contributed by atoms with Gasteiger partial charge in [0.1, 0.15) is 11.5 Å². The highest BCUT2D eigenvalue weighted by molar-refractivity contribution is 6.07. The summed E-state index contributed by atoms with van der Waals surface area (Å²) in [5, 5.41) is 7.84. The van der Waals surface area contributed by atoms with Crippen molar-refractivity contribution >= 4 is 22.5 Å². The van der Waals surface area contributed by atoms with Crippen LogP contribution in [0.2, 0.25) is 0 Å². The van der Waals surface area contributed by atoms with Gasteiger partial charge in [-0.1, -0.05) is 18.2 Å². The Balaban J connectivity index is 1.63. The summed E-state index contributed by atoms with van der Waals surface area (Å²) in [5.74, 6) is -0.774. The number of aromatic nitrogens is 3. The number of nitrogens with one attached hydrogen (secondary N) is 1. The molecule has 2 aromatic heterocycles. The molecule has 0 saturated heterocycles. The fourth-order valence-corrected chi connectivity index (χ4v) is 2.62. The largest absolute Gasteiger partial charge is 0.320 e. The third-order valence-electron chi connectivity index (χ3n) is 3.81. The molecule has 0 aliphatic rings. The number of amides is 1. The van der Waals surface area contributed by atoms with Gasteiger partial charge in [-0.3, -0.25) is 9.78 Å². The lowest BCUT2D eigenvalue weighted by Crippen LogP contribution is -2.13. The van der Waals surface area contributed by atoms with Crippen LogP contribution in [-0.4, -0.2) is 20.7 Å². The minimum atomic E-state index is -0.405. The van der Waals surface area contributed by atoms with Gasteiger partial charge in [0.2, 0.25) is 0 Å². The molecular formula is C19H13FN4O. The molecule has 122 valence electrons. The lowest BCUT2D eigenvalue weighted by molar-refractivity contribution is 0.102. The molecule has 0 aliphatic heterocycles. The summed E-state index contributed by atoms with van der Waals surface area (Å²) in [6.07, 6.45) is 3.25. The first-order chi connectivity index (χ1) is 12.2. The summed E-state index contributed by atoms with van der Waals surface area (Å²) in [5.41, 5.74) is 1.92. The molecule has 0 unspecified atom stereocenters. The third-order valence-corrected chi connectivity index (χ3v) is 3.81. The molecule has 0 radical (unpaired) electrons. The second-order valence-corrected chi connectivity index (χ2v) is 5.43. The van der Waals surface area contributed by atoms with Gasteiger partial charge in [-0.2, -0.15) is 5.10 Å². The van der Waals surface area contributed by atoms with Crippen molar-refractivity contribution in [2.75, 3.05) is 5.32 Å². The number of para-hydroxylation sites is 1. The number of rotatable bonds is 3. The van der Waals surface area contributed by atoms with Gasteiger partial charge in [0.15, 0.2) is 5.69 Å². The second kappa shape index (κ2) is 6.16. The van der Waals surface area contributed by atoms with E-state index in [1.807, 2.05) is 24.3 Å². The third kappa shape index (κ3) is 2.85. The number of carbonyl (C=O) groups excluding carboxylic acids is 1. The minimum Gasteiger partial charge on any atom is -0.320 e. The summed E-state index contributed by atoms with van der Waals surface area (Å²) >= 11 is 0. The van der Waals surface area contributed by atoms with Gasteiger partial charge in [-0.15, -0.1) is 0 Å². The van der Waals surface area contributed by atoms with Crippen LogP contribution in [-0.2, 0) is 0 Å². The highest BCUT2D eigenvalue weighted by Gasteiger charge is 2.13. The van der Waals surface area contributed by atoms with Gasteiger partial charge in [0.25, 0.3) is 5.91 Å². The maximum atomic E-state index is 13.8. The normalized spacial score (nSPS) is 10.8. The van der Waals surface area contributed by atoms with E-state index < -0.39 is 5.82 Å². The summed E-state index contributed by atoms with van der Waals surface area (Å²) in [7, 11) is 0. The van der Waals surface area contributed by atoms with Crippen LogP contribution < -0.4 is 5.32 Å². The predicted octanol–water partition coefficient (Wildman–Crippen LogP) is 3.81. The van der Waals surface area contributed by atoms with Crippen molar-refractivity contribution in [2.24, 2.45) is 0 Å². The molecule has 2 aromatic carbocycles. The molecular weight excluding hydrogens is 319 g/mol. The van der Waals surface area contributed by atoms with Crippen molar-refractivity contribution in [2.45, 2.75) is 0 Å². The Morgan fingerprint density at radius 1 is 1.00 bits per heavy atom. The van der Waals surface area contributed by atoms with Gasteiger partial charge in [0, 0.05) is 17.8 Å². The molecule has 1 amide bonds. The standard InChI is InChI=1S/C19H13FN4O/c20-14-6-1-2-9-18(14)24-12-10-17(23-24)19(25)22-16-8-3-7-15-13(16)5-4-11-21-15/h1-12H,(H,22,25). The molecule has 1 N–H and O–H groups in total. The van der Waals surface area contributed by atoms with Crippen LogP contribution >= 0.6 is 0 Å². The van der Waals surface area contributed by atoms with Crippen molar-refractivity contribution in [1.29, 1.82) is 0 Å². The smallest absolute Gasteiger partial charge is 0.276 e. The van der Waals surface area contributed by atoms with E-state index in [9.17, 15) is 9.18 Å². The summed E-state index contributed by atoms with van der Waals surface area (Å²) in [4.78, 5) is 16.7. The fraction of sp³-hybridized carbons (Fsp3) is 0. The number of carbonyl (C=O) groups is 1. The van der Waals surface area contributed by atoms with Crippen LogP contribution in [0.15, 0.2) is 73.1 Å². The Labute approximate surface area is 142 Å². The summed E-state index contributed by atoms with van der Waals surface area (Å²) in [6.45, 7) is 0. The average molecular weight is 332 g/mol. The number of fused-ring (bicyclic) bond motifs is 1. The Bertz CT molecular complexity index is 1070. The van der Waals surface area contributed by atoms with E-state index in [2.05, 4.69) is 15.4 Å². The lowest BCUT2D eigenvalue weighted by Gasteiger charge is -2.07. The topological polar surface area (TPSA) is 59.8 Å². The zero-order valence-corrected chi connectivity index (χ0v) is 13.1. The molecule has 6 heteroatoms. The zero-order chi connectivity index (χ0) is 17.2. The summed E-state index contributed by atoms with van der Waals surface area (Å²) < 4.78 is 15.2. The molecule has 5 nitrogen and oxygen atoms in total. The Morgan fingerprint density at radius 3 is 2.76 bits per heavy atom. The van der Waals surface area contributed by atoms with Crippen molar-refractivity contribution in [3.05, 3.63) is 84.6 Å². The van der Waals surface area contributed by atoms with Crippen LogP contribution in [0.1, 0.15) is 10.5 Å². The number of hydrogen-bond donors (Lipinski definition) is 1. The van der Waals surface area contributed by atoms with Gasteiger partial charge < -0.3 is 5.32 Å². The Morgan fingerprint density at radius 2 is 1.88 bits per heavy atom.